The minimum atomic E-state index is 0.643. The van der Waals surface area contributed by atoms with Gasteiger partial charge < -0.3 is 0 Å². The molecule has 0 amide bonds. The predicted molar refractivity (Wildman–Crippen MR) is 171 cm³/mol. The Labute approximate surface area is 237 Å². The number of rotatable bonds is 5. The SMILES string of the molecule is C=C/C=C\C(=C/C)c1nc(-n2c3ncccc3c3c4ccccc4c(C4=CC=CC4)c(S)c32)c2ccccc2n1. The fourth-order valence-corrected chi connectivity index (χ4v) is 6.25. The summed E-state index contributed by atoms with van der Waals surface area (Å²) in [7, 11) is 0. The molecule has 3 aromatic carbocycles. The van der Waals surface area contributed by atoms with Crippen molar-refractivity contribution >= 4 is 67.4 Å². The second kappa shape index (κ2) is 9.78. The highest BCUT2D eigenvalue weighted by atomic mass is 32.1. The largest absolute Gasteiger partial charge is 0.276 e. The number of thiol groups is 1. The summed E-state index contributed by atoms with van der Waals surface area (Å²) in [5, 5.41) is 5.51. The first kappa shape index (κ1) is 24.3. The second-order valence-corrected chi connectivity index (χ2v) is 10.2. The van der Waals surface area contributed by atoms with Crippen molar-refractivity contribution in [2.45, 2.75) is 18.2 Å². The minimum Gasteiger partial charge on any atom is -0.276 e. The highest BCUT2D eigenvalue weighted by Gasteiger charge is 2.25. The summed E-state index contributed by atoms with van der Waals surface area (Å²) in [5.41, 5.74) is 6.03. The second-order valence-electron chi connectivity index (χ2n) is 9.75. The van der Waals surface area contributed by atoms with Gasteiger partial charge in [0.25, 0.3) is 0 Å². The molecule has 0 aliphatic heterocycles. The van der Waals surface area contributed by atoms with E-state index in [9.17, 15) is 0 Å². The number of nitrogens with zero attached hydrogens (tertiary/aromatic N) is 4. The molecule has 0 atom stereocenters. The number of fused-ring (bicyclic) bond motifs is 6. The number of para-hydroxylation sites is 1. The Kier molecular flexibility index (Phi) is 5.94. The molecule has 0 spiro atoms. The van der Waals surface area contributed by atoms with Crippen LogP contribution in [0.3, 0.4) is 0 Å². The maximum absolute atomic E-state index is 5.28. The van der Waals surface area contributed by atoms with Gasteiger partial charge in [-0.15, -0.1) is 12.6 Å². The minimum absolute atomic E-state index is 0.643. The lowest BCUT2D eigenvalue weighted by molar-refractivity contribution is 1.03. The topological polar surface area (TPSA) is 43.6 Å². The molecule has 6 aromatic rings. The first-order valence-corrected chi connectivity index (χ1v) is 13.8. The molecule has 1 aliphatic rings. The third-order valence-corrected chi connectivity index (χ3v) is 7.96. The molecule has 192 valence electrons. The summed E-state index contributed by atoms with van der Waals surface area (Å²) in [6.45, 7) is 5.82. The van der Waals surface area contributed by atoms with Crippen molar-refractivity contribution in [1.82, 2.24) is 19.5 Å². The van der Waals surface area contributed by atoms with Gasteiger partial charge in [-0.2, -0.15) is 0 Å². The van der Waals surface area contributed by atoms with Crippen molar-refractivity contribution in [1.29, 1.82) is 0 Å². The molecule has 0 saturated heterocycles. The van der Waals surface area contributed by atoms with Crippen LogP contribution in [0.5, 0.6) is 0 Å². The molecule has 0 fully saturated rings. The van der Waals surface area contributed by atoms with Gasteiger partial charge in [0.15, 0.2) is 11.6 Å². The lowest BCUT2D eigenvalue weighted by Crippen LogP contribution is -2.05. The van der Waals surface area contributed by atoms with E-state index in [1.54, 1.807) is 6.08 Å². The Morgan fingerprint density at radius 1 is 0.950 bits per heavy atom. The van der Waals surface area contributed by atoms with Gasteiger partial charge in [-0.05, 0) is 54.0 Å². The van der Waals surface area contributed by atoms with Crippen molar-refractivity contribution < 1.29 is 0 Å². The molecule has 0 radical (unpaired) electrons. The van der Waals surface area contributed by atoms with Crippen molar-refractivity contribution in [3.05, 3.63) is 127 Å². The summed E-state index contributed by atoms with van der Waals surface area (Å²) >= 11 is 5.28. The zero-order valence-corrected chi connectivity index (χ0v) is 22.9. The van der Waals surface area contributed by atoms with Crippen LogP contribution in [0.1, 0.15) is 24.7 Å². The van der Waals surface area contributed by atoms with E-state index in [4.69, 9.17) is 27.6 Å². The number of hydrogen-bond acceptors (Lipinski definition) is 4. The van der Waals surface area contributed by atoms with Gasteiger partial charge in [-0.1, -0.05) is 85.5 Å². The summed E-state index contributed by atoms with van der Waals surface area (Å²) in [4.78, 5) is 16.0. The van der Waals surface area contributed by atoms with Gasteiger partial charge in [0, 0.05) is 38.4 Å². The summed E-state index contributed by atoms with van der Waals surface area (Å²) in [6, 6.07) is 20.9. The van der Waals surface area contributed by atoms with Crippen LogP contribution in [0, 0.1) is 0 Å². The van der Waals surface area contributed by atoms with E-state index in [0.717, 1.165) is 61.1 Å². The molecule has 0 saturated carbocycles. The lowest BCUT2D eigenvalue weighted by atomic mass is 9.94. The van der Waals surface area contributed by atoms with E-state index >= 15 is 0 Å². The molecule has 1 aliphatic carbocycles. The summed E-state index contributed by atoms with van der Waals surface area (Å²) in [6.07, 6.45) is 16.9. The van der Waals surface area contributed by atoms with Crippen LogP contribution in [-0.2, 0) is 0 Å². The molecule has 7 rings (SSSR count). The molecule has 0 bridgehead atoms. The molecule has 5 heteroatoms. The average molecular weight is 535 g/mol. The van der Waals surface area contributed by atoms with E-state index in [-0.39, 0.29) is 0 Å². The van der Waals surface area contributed by atoms with Crippen molar-refractivity contribution in [3.63, 3.8) is 0 Å². The Bertz CT molecular complexity index is 2130. The zero-order valence-electron chi connectivity index (χ0n) is 22.0. The molecular weight excluding hydrogens is 508 g/mol. The van der Waals surface area contributed by atoms with E-state index in [0.29, 0.717) is 5.82 Å². The van der Waals surface area contributed by atoms with E-state index in [2.05, 4.69) is 65.8 Å². The number of benzene rings is 3. The zero-order chi connectivity index (χ0) is 27.2. The maximum atomic E-state index is 5.28. The molecule has 40 heavy (non-hydrogen) atoms. The quantitative estimate of drug-likeness (QED) is 0.177. The van der Waals surface area contributed by atoms with Gasteiger partial charge in [-0.3, -0.25) is 4.57 Å². The fraction of sp³-hybridized carbons (Fsp3) is 0.0571. The molecule has 3 aromatic heterocycles. The van der Waals surface area contributed by atoms with Gasteiger partial charge in [-0.25, -0.2) is 15.0 Å². The molecule has 0 unspecified atom stereocenters. The smallest absolute Gasteiger partial charge is 0.161 e. The van der Waals surface area contributed by atoms with Crippen LogP contribution in [0.2, 0.25) is 0 Å². The number of pyridine rings is 1. The Hall–Kier alpha value is -4.74. The van der Waals surface area contributed by atoms with Gasteiger partial charge in [0.1, 0.15) is 5.65 Å². The van der Waals surface area contributed by atoms with Crippen molar-refractivity contribution in [2.75, 3.05) is 0 Å². The van der Waals surface area contributed by atoms with Gasteiger partial charge in [0.05, 0.1) is 11.0 Å². The standard InChI is InChI=1S/C35H26N4S/c1-3-5-13-22(4-2)33-37-28-20-11-10-18-26(28)35(38-33)39-31-30(27-19-12-21-36-34(27)39)25-17-9-8-16-24(25)29(32(31)40)23-14-6-7-15-23/h3-14,16-21,40H,1,15H2,2H3/b13-5-,22-4+. The number of allylic oxidation sites excluding steroid dienone is 9. The average Bonchev–Trinajstić information content (AvgIpc) is 3.64. The summed E-state index contributed by atoms with van der Waals surface area (Å²) < 4.78 is 2.18. The van der Waals surface area contributed by atoms with Crippen molar-refractivity contribution in [2.24, 2.45) is 0 Å². The third kappa shape index (κ3) is 3.66. The molecular formula is C35H26N4S. The molecule has 3 heterocycles. The van der Waals surface area contributed by atoms with Crippen LogP contribution in [0.4, 0.5) is 0 Å². The monoisotopic (exact) mass is 534 g/mol. The molecule has 4 nitrogen and oxygen atoms in total. The lowest BCUT2D eigenvalue weighted by Gasteiger charge is -2.17. The number of aromatic nitrogens is 4. The predicted octanol–water partition coefficient (Wildman–Crippen LogP) is 9.05. The molecule has 0 N–H and O–H groups in total. The highest BCUT2D eigenvalue weighted by Crippen LogP contribution is 2.45. The summed E-state index contributed by atoms with van der Waals surface area (Å²) in [5.74, 6) is 1.42. The van der Waals surface area contributed by atoms with Crippen LogP contribution in [0.15, 0.2) is 121 Å². The normalized spacial score (nSPS) is 13.8. The Balaban J connectivity index is 1.69. The van der Waals surface area contributed by atoms with E-state index in [1.807, 2.05) is 55.6 Å². The Morgan fingerprint density at radius 2 is 1.73 bits per heavy atom. The first-order valence-electron chi connectivity index (χ1n) is 13.3. The maximum Gasteiger partial charge on any atom is 0.161 e. The van der Waals surface area contributed by atoms with Gasteiger partial charge in [0.2, 0.25) is 0 Å². The van der Waals surface area contributed by atoms with E-state index < -0.39 is 0 Å². The Morgan fingerprint density at radius 3 is 2.50 bits per heavy atom. The highest BCUT2D eigenvalue weighted by molar-refractivity contribution is 7.80. The fourth-order valence-electron chi connectivity index (χ4n) is 5.77. The first-order chi connectivity index (χ1) is 19.7. The van der Waals surface area contributed by atoms with Crippen LogP contribution in [0.25, 0.3) is 60.6 Å². The van der Waals surface area contributed by atoms with E-state index in [1.165, 1.54) is 16.3 Å². The van der Waals surface area contributed by atoms with Crippen LogP contribution >= 0.6 is 12.6 Å². The van der Waals surface area contributed by atoms with Crippen molar-refractivity contribution in [3.8, 4) is 5.82 Å². The third-order valence-electron chi connectivity index (χ3n) is 7.52. The van der Waals surface area contributed by atoms with Crippen LogP contribution in [-0.4, -0.2) is 19.5 Å². The number of hydrogen-bond donors (Lipinski definition) is 1. The van der Waals surface area contributed by atoms with Crippen LogP contribution < -0.4 is 0 Å². The van der Waals surface area contributed by atoms with Gasteiger partial charge >= 0.3 is 0 Å².